The molecular formula is C14H20N2O3. The summed E-state index contributed by atoms with van der Waals surface area (Å²) in [7, 11) is 3.75. The number of carbonyl (C=O) groups excluding carboxylic acids is 1. The van der Waals surface area contributed by atoms with Crippen molar-refractivity contribution in [1.29, 1.82) is 0 Å². The number of benzene rings is 1. The van der Waals surface area contributed by atoms with Crippen LogP contribution in [0.5, 0.6) is 11.5 Å². The van der Waals surface area contributed by atoms with Crippen LogP contribution in [0.25, 0.3) is 0 Å². The van der Waals surface area contributed by atoms with E-state index in [4.69, 9.17) is 9.47 Å². The fourth-order valence-corrected chi connectivity index (χ4v) is 2.08. The zero-order valence-electron chi connectivity index (χ0n) is 11.6. The van der Waals surface area contributed by atoms with Gasteiger partial charge in [0.05, 0.1) is 6.54 Å². The van der Waals surface area contributed by atoms with Crippen molar-refractivity contribution in [3.05, 3.63) is 23.8 Å². The van der Waals surface area contributed by atoms with Gasteiger partial charge in [0.15, 0.2) is 11.5 Å². The lowest BCUT2D eigenvalue weighted by Gasteiger charge is -2.16. The molecule has 1 heterocycles. The molecule has 1 aliphatic heterocycles. The van der Waals surface area contributed by atoms with Crippen LogP contribution >= 0.6 is 0 Å². The SMILES string of the molecule is CC(Cc1ccc2c(c1)OCO2)NC(=O)CN(C)C. The van der Waals surface area contributed by atoms with E-state index in [1.54, 1.807) is 0 Å². The number of carbonyl (C=O) groups is 1. The molecule has 0 aliphatic carbocycles. The monoisotopic (exact) mass is 264 g/mol. The van der Waals surface area contributed by atoms with E-state index >= 15 is 0 Å². The van der Waals surface area contributed by atoms with Crippen molar-refractivity contribution >= 4 is 5.91 Å². The topological polar surface area (TPSA) is 50.8 Å². The van der Waals surface area contributed by atoms with E-state index in [9.17, 15) is 4.79 Å². The lowest BCUT2D eigenvalue weighted by Crippen LogP contribution is -2.39. The summed E-state index contributed by atoms with van der Waals surface area (Å²) in [5.74, 6) is 1.61. The van der Waals surface area contributed by atoms with Crippen LogP contribution in [0.2, 0.25) is 0 Å². The molecule has 5 heteroatoms. The summed E-state index contributed by atoms with van der Waals surface area (Å²) in [5, 5.41) is 2.97. The summed E-state index contributed by atoms with van der Waals surface area (Å²) >= 11 is 0. The minimum absolute atomic E-state index is 0.0400. The van der Waals surface area contributed by atoms with Gasteiger partial charge in [-0.3, -0.25) is 4.79 Å². The van der Waals surface area contributed by atoms with Gasteiger partial charge in [-0.05, 0) is 45.1 Å². The minimum Gasteiger partial charge on any atom is -0.454 e. The molecule has 2 rings (SSSR count). The first-order valence-corrected chi connectivity index (χ1v) is 6.37. The molecule has 1 unspecified atom stereocenters. The van der Waals surface area contributed by atoms with Crippen molar-refractivity contribution in [3.8, 4) is 11.5 Å². The zero-order chi connectivity index (χ0) is 13.8. The van der Waals surface area contributed by atoms with Gasteiger partial charge in [-0.25, -0.2) is 0 Å². The third-order valence-corrected chi connectivity index (χ3v) is 2.85. The summed E-state index contributed by atoms with van der Waals surface area (Å²) in [6.07, 6.45) is 0.774. The van der Waals surface area contributed by atoms with Gasteiger partial charge in [0.2, 0.25) is 12.7 Å². The van der Waals surface area contributed by atoms with Crippen LogP contribution < -0.4 is 14.8 Å². The molecule has 104 valence electrons. The standard InChI is InChI=1S/C14H20N2O3/c1-10(15-14(17)8-16(2)3)6-11-4-5-12-13(7-11)19-9-18-12/h4-5,7,10H,6,8-9H2,1-3H3,(H,15,17). The Morgan fingerprint density at radius 1 is 1.37 bits per heavy atom. The van der Waals surface area contributed by atoms with E-state index in [1.165, 1.54) is 0 Å². The molecule has 1 aromatic rings. The molecule has 0 radical (unpaired) electrons. The zero-order valence-corrected chi connectivity index (χ0v) is 11.6. The van der Waals surface area contributed by atoms with Crippen molar-refractivity contribution in [2.45, 2.75) is 19.4 Å². The highest BCUT2D eigenvalue weighted by Gasteiger charge is 2.15. The van der Waals surface area contributed by atoms with Gasteiger partial charge in [0, 0.05) is 6.04 Å². The molecule has 1 aliphatic rings. The van der Waals surface area contributed by atoms with Gasteiger partial charge < -0.3 is 19.7 Å². The molecule has 5 nitrogen and oxygen atoms in total. The van der Waals surface area contributed by atoms with E-state index in [0.717, 1.165) is 23.5 Å². The Bertz CT molecular complexity index is 460. The van der Waals surface area contributed by atoms with Gasteiger partial charge >= 0.3 is 0 Å². The molecular weight excluding hydrogens is 244 g/mol. The van der Waals surface area contributed by atoms with Crippen LogP contribution in [0.1, 0.15) is 12.5 Å². The molecule has 1 atom stereocenters. The van der Waals surface area contributed by atoms with Gasteiger partial charge in [-0.15, -0.1) is 0 Å². The highest BCUT2D eigenvalue weighted by molar-refractivity contribution is 5.78. The number of nitrogens with zero attached hydrogens (tertiary/aromatic N) is 1. The van der Waals surface area contributed by atoms with Crippen LogP contribution in [0.15, 0.2) is 18.2 Å². The lowest BCUT2D eigenvalue weighted by molar-refractivity contribution is -0.122. The molecule has 1 amide bonds. The predicted molar refractivity (Wildman–Crippen MR) is 72.4 cm³/mol. The smallest absolute Gasteiger partial charge is 0.234 e. The average molecular weight is 264 g/mol. The van der Waals surface area contributed by atoms with E-state index < -0.39 is 0 Å². The first-order valence-electron chi connectivity index (χ1n) is 6.37. The van der Waals surface area contributed by atoms with Crippen LogP contribution in [0, 0.1) is 0 Å². The van der Waals surface area contributed by atoms with Crippen molar-refractivity contribution in [3.63, 3.8) is 0 Å². The van der Waals surface area contributed by atoms with Gasteiger partial charge in [-0.2, -0.15) is 0 Å². The number of ether oxygens (including phenoxy) is 2. The summed E-state index contributed by atoms with van der Waals surface area (Å²) in [6, 6.07) is 5.97. The molecule has 19 heavy (non-hydrogen) atoms. The van der Waals surface area contributed by atoms with Crippen molar-refractivity contribution < 1.29 is 14.3 Å². The molecule has 0 aromatic heterocycles. The second-order valence-electron chi connectivity index (χ2n) is 5.10. The Balaban J connectivity index is 1.88. The molecule has 1 aromatic carbocycles. The van der Waals surface area contributed by atoms with Gasteiger partial charge in [0.1, 0.15) is 0 Å². The number of nitrogens with one attached hydrogen (secondary N) is 1. The van der Waals surface area contributed by atoms with E-state index in [1.807, 2.05) is 44.1 Å². The maximum absolute atomic E-state index is 11.6. The normalized spacial score (nSPS) is 14.5. The average Bonchev–Trinajstić information content (AvgIpc) is 2.74. The predicted octanol–water partition coefficient (Wildman–Crippen LogP) is 1.02. The maximum Gasteiger partial charge on any atom is 0.234 e. The van der Waals surface area contributed by atoms with Gasteiger partial charge in [0.25, 0.3) is 0 Å². The Labute approximate surface area is 113 Å². The Morgan fingerprint density at radius 3 is 2.84 bits per heavy atom. The van der Waals surface area contributed by atoms with E-state index in [2.05, 4.69) is 5.32 Å². The minimum atomic E-state index is 0.0400. The van der Waals surface area contributed by atoms with Crippen LogP contribution in [-0.2, 0) is 11.2 Å². The highest BCUT2D eigenvalue weighted by Crippen LogP contribution is 2.32. The Hall–Kier alpha value is -1.75. The Morgan fingerprint density at radius 2 is 2.11 bits per heavy atom. The molecule has 0 saturated heterocycles. The first-order chi connectivity index (χ1) is 9.04. The van der Waals surface area contributed by atoms with Crippen molar-refractivity contribution in [2.24, 2.45) is 0 Å². The molecule has 0 fully saturated rings. The number of fused-ring (bicyclic) bond motifs is 1. The summed E-state index contributed by atoms with van der Waals surface area (Å²) in [5.41, 5.74) is 1.13. The molecule has 0 saturated carbocycles. The number of amides is 1. The van der Waals surface area contributed by atoms with E-state index in [0.29, 0.717) is 6.54 Å². The second kappa shape index (κ2) is 5.93. The number of hydrogen-bond donors (Lipinski definition) is 1. The summed E-state index contributed by atoms with van der Waals surface area (Å²) in [4.78, 5) is 13.5. The highest BCUT2D eigenvalue weighted by atomic mass is 16.7. The largest absolute Gasteiger partial charge is 0.454 e. The third kappa shape index (κ3) is 3.86. The number of hydrogen-bond acceptors (Lipinski definition) is 4. The second-order valence-corrected chi connectivity index (χ2v) is 5.10. The van der Waals surface area contributed by atoms with Crippen molar-refractivity contribution in [1.82, 2.24) is 10.2 Å². The Kier molecular flexibility index (Phi) is 4.27. The number of rotatable bonds is 5. The van der Waals surface area contributed by atoms with Gasteiger partial charge in [-0.1, -0.05) is 6.07 Å². The summed E-state index contributed by atoms with van der Waals surface area (Å²) in [6.45, 7) is 2.69. The molecule has 0 bridgehead atoms. The lowest BCUT2D eigenvalue weighted by atomic mass is 10.1. The third-order valence-electron chi connectivity index (χ3n) is 2.85. The van der Waals surface area contributed by atoms with E-state index in [-0.39, 0.29) is 18.7 Å². The molecule has 0 spiro atoms. The molecule has 1 N–H and O–H groups in total. The van der Waals surface area contributed by atoms with Crippen LogP contribution in [0.3, 0.4) is 0 Å². The maximum atomic E-state index is 11.6. The van der Waals surface area contributed by atoms with Crippen LogP contribution in [-0.4, -0.2) is 44.3 Å². The number of likely N-dealkylation sites (N-methyl/N-ethyl adjacent to an activating group) is 1. The summed E-state index contributed by atoms with van der Waals surface area (Å²) < 4.78 is 10.6. The quantitative estimate of drug-likeness (QED) is 0.863. The fourth-order valence-electron chi connectivity index (χ4n) is 2.08. The van der Waals surface area contributed by atoms with Crippen molar-refractivity contribution in [2.75, 3.05) is 27.4 Å². The fraction of sp³-hybridized carbons (Fsp3) is 0.500. The first kappa shape index (κ1) is 13.7. The van der Waals surface area contributed by atoms with Crippen LogP contribution in [0.4, 0.5) is 0 Å².